The van der Waals surface area contributed by atoms with Crippen molar-refractivity contribution in [3.05, 3.63) is 35.9 Å². The third-order valence-corrected chi connectivity index (χ3v) is 9.65. The van der Waals surface area contributed by atoms with Crippen molar-refractivity contribution in [2.24, 2.45) is 10.3 Å². The fourth-order valence-electron chi connectivity index (χ4n) is 4.90. The Bertz CT molecular complexity index is 1080. The number of carboxylic acid groups (broad SMARTS) is 1. The first-order chi connectivity index (χ1) is 16.0. The molecule has 0 spiro atoms. The van der Waals surface area contributed by atoms with Crippen LogP contribution in [0.2, 0.25) is 0 Å². The van der Waals surface area contributed by atoms with Crippen LogP contribution in [-0.2, 0) is 20.3 Å². The van der Waals surface area contributed by atoms with E-state index in [1.165, 1.54) is 0 Å². The minimum Gasteiger partial charge on any atom is -0.481 e. The lowest BCUT2D eigenvalue weighted by molar-refractivity contribution is -0.144. The van der Waals surface area contributed by atoms with Gasteiger partial charge >= 0.3 is 5.97 Å². The predicted octanol–water partition coefficient (Wildman–Crippen LogP) is 4.94. The number of halogens is 1. The fourth-order valence-corrected chi connectivity index (χ4v) is 6.64. The zero-order chi connectivity index (χ0) is 24.7. The molecule has 2 heterocycles. The number of anilines is 1. The summed E-state index contributed by atoms with van der Waals surface area (Å²) in [7, 11) is -0.426. The molecule has 0 bridgehead atoms. The molecule has 3 unspecified atom stereocenters. The molecule has 34 heavy (non-hydrogen) atoms. The number of nitrogens with zero attached hydrogens (tertiary/aromatic N) is 3. The van der Waals surface area contributed by atoms with Crippen molar-refractivity contribution in [3.8, 4) is 11.3 Å². The van der Waals surface area contributed by atoms with Crippen molar-refractivity contribution in [3.63, 3.8) is 0 Å². The first kappa shape index (κ1) is 24.9. The van der Waals surface area contributed by atoms with Crippen LogP contribution in [0.1, 0.15) is 57.5 Å². The summed E-state index contributed by atoms with van der Waals surface area (Å²) in [6, 6.07) is 8.00. The van der Waals surface area contributed by atoms with E-state index < -0.39 is 28.2 Å². The summed E-state index contributed by atoms with van der Waals surface area (Å²) in [5.41, 5.74) is 2.16. The zero-order valence-corrected chi connectivity index (χ0v) is 21.3. The van der Waals surface area contributed by atoms with Gasteiger partial charge in [0.25, 0.3) is 0 Å². The van der Waals surface area contributed by atoms with E-state index >= 15 is 0 Å². The molecule has 4 rings (SSSR count). The number of oxazole rings is 1. The molecule has 2 fully saturated rings. The van der Waals surface area contributed by atoms with E-state index in [4.69, 9.17) is 9.40 Å². The molecule has 9 heteroatoms. The maximum atomic E-state index is 14.1. The van der Waals surface area contributed by atoms with Crippen LogP contribution in [0, 0.1) is 5.92 Å². The van der Waals surface area contributed by atoms with Crippen molar-refractivity contribution in [2.45, 2.75) is 57.5 Å². The highest BCUT2D eigenvalue weighted by Crippen LogP contribution is 2.44. The minimum absolute atomic E-state index is 0.00406. The molecule has 3 atom stereocenters. The molecule has 188 valence electrons. The summed E-state index contributed by atoms with van der Waals surface area (Å²) in [6.07, 6.45) is -0.330. The van der Waals surface area contributed by atoms with Crippen molar-refractivity contribution in [2.75, 3.05) is 36.5 Å². The molecule has 0 amide bonds. The van der Waals surface area contributed by atoms with Gasteiger partial charge in [0.05, 0.1) is 11.6 Å². The number of carboxylic acids is 1. The van der Waals surface area contributed by atoms with Gasteiger partial charge in [0, 0.05) is 54.2 Å². The predicted molar refractivity (Wildman–Crippen MR) is 135 cm³/mol. The van der Waals surface area contributed by atoms with Crippen molar-refractivity contribution >= 4 is 21.8 Å². The average Bonchev–Trinajstić information content (AvgIpc) is 3.25. The highest BCUT2D eigenvalue weighted by molar-refractivity contribution is 8.00. The van der Waals surface area contributed by atoms with Gasteiger partial charge in [0.2, 0.25) is 5.89 Å². The maximum absolute atomic E-state index is 14.1. The number of carbonyl (C=O) groups is 1. The molecule has 2 aliphatic rings. The number of benzene rings is 1. The Hall–Kier alpha value is -2.26. The molecule has 1 aromatic heterocycles. The van der Waals surface area contributed by atoms with Gasteiger partial charge in [-0.25, -0.2) is 9.37 Å². The molecule has 1 aliphatic heterocycles. The molecule has 2 N–H and O–H groups in total. The van der Waals surface area contributed by atoms with Crippen molar-refractivity contribution in [1.29, 1.82) is 0 Å². The van der Waals surface area contributed by atoms with Crippen LogP contribution in [0.3, 0.4) is 0 Å². The Morgan fingerprint density at radius 1 is 1.21 bits per heavy atom. The van der Waals surface area contributed by atoms with Crippen LogP contribution in [0.4, 0.5) is 10.1 Å². The molecule has 1 aromatic carbocycles. The van der Waals surface area contributed by atoms with Crippen LogP contribution in [0.5, 0.6) is 0 Å². The molecule has 1 saturated carbocycles. The summed E-state index contributed by atoms with van der Waals surface area (Å²) in [5, 5.41) is 9.80. The monoisotopic (exact) mass is 493 g/mol. The Kier molecular flexibility index (Phi) is 6.88. The smallest absolute Gasteiger partial charge is 0.307 e. The Morgan fingerprint density at radius 2 is 1.85 bits per heavy atom. The Morgan fingerprint density at radius 3 is 2.41 bits per heavy atom. The Labute approximate surface area is 201 Å². The number of aliphatic carboxylic acids is 1. The third-order valence-electron chi connectivity index (χ3n) is 7.07. The van der Waals surface area contributed by atoms with Crippen LogP contribution in [0.25, 0.3) is 11.3 Å². The van der Waals surface area contributed by atoms with Gasteiger partial charge in [-0.15, -0.1) is 10.1 Å². The fraction of sp³-hybridized carbons (Fsp3) is 0.600. The highest BCUT2D eigenvalue weighted by atomic mass is 32.3. The Balaban J connectivity index is 1.66. The van der Waals surface area contributed by atoms with Gasteiger partial charge in [-0.3, -0.25) is 9.16 Å². The van der Waals surface area contributed by atoms with Crippen LogP contribution >= 0.6 is 0 Å². The zero-order valence-electron chi connectivity index (χ0n) is 20.4. The standard InChI is InChI=1S/C25H36FN3O4S/c1-25(2,3)24-28-21(19-10-7-17(26)15-20(19)23(30)31)22(33-24)16-5-8-18(9-6-16)29-11-13-34(32,27-4)14-12-29/h5-6,8-9,17,19-20,34H,7,10-15H2,1-4H3,(H,27,32)(H,30,31). The number of hydrogen-bond donors (Lipinski definition) is 3. The van der Waals surface area contributed by atoms with E-state index in [9.17, 15) is 18.8 Å². The minimum atomic E-state index is -2.13. The normalized spacial score (nSPS) is 26.2. The summed E-state index contributed by atoms with van der Waals surface area (Å²) in [4.78, 5) is 19.0. The van der Waals surface area contributed by atoms with Crippen LogP contribution in [0.15, 0.2) is 33.0 Å². The maximum Gasteiger partial charge on any atom is 0.307 e. The van der Waals surface area contributed by atoms with E-state index in [1.54, 1.807) is 7.05 Å². The molecular formula is C25H36FN3O4S. The molecule has 7 nitrogen and oxygen atoms in total. The number of alkyl halides is 1. The van der Waals surface area contributed by atoms with Gasteiger partial charge in [0.15, 0.2) is 5.76 Å². The summed E-state index contributed by atoms with van der Waals surface area (Å²) in [5.74, 6) is 0.324. The lowest BCUT2D eigenvalue weighted by Crippen LogP contribution is -2.43. The molecule has 1 aliphatic carbocycles. The van der Waals surface area contributed by atoms with Gasteiger partial charge < -0.3 is 19.0 Å². The average molecular weight is 494 g/mol. The topological polar surface area (TPSA) is 99.2 Å². The van der Waals surface area contributed by atoms with Gasteiger partial charge in [-0.2, -0.15) is 0 Å². The first-order valence-corrected chi connectivity index (χ1v) is 14.0. The molecule has 0 radical (unpaired) electrons. The highest BCUT2D eigenvalue weighted by Gasteiger charge is 2.40. The lowest BCUT2D eigenvalue weighted by Gasteiger charge is -2.36. The number of thiol groups is 1. The third kappa shape index (κ3) is 5.05. The number of hydrogen-bond acceptors (Lipinski definition) is 5. The van der Waals surface area contributed by atoms with E-state index in [0.29, 0.717) is 41.7 Å². The van der Waals surface area contributed by atoms with E-state index in [1.807, 2.05) is 45.0 Å². The van der Waals surface area contributed by atoms with E-state index in [-0.39, 0.29) is 17.8 Å². The molecular weight excluding hydrogens is 457 g/mol. The second-order valence-corrected chi connectivity index (χ2v) is 13.6. The lowest BCUT2D eigenvalue weighted by atomic mass is 9.76. The quantitative estimate of drug-likeness (QED) is 0.522. The van der Waals surface area contributed by atoms with E-state index in [2.05, 4.69) is 9.26 Å². The van der Waals surface area contributed by atoms with Gasteiger partial charge in [0.1, 0.15) is 6.17 Å². The van der Waals surface area contributed by atoms with Crippen LogP contribution in [-0.4, -0.2) is 58.4 Å². The number of aromatic nitrogens is 1. The molecule has 2 aromatic rings. The summed E-state index contributed by atoms with van der Waals surface area (Å²) >= 11 is 0. The molecule has 1 saturated heterocycles. The summed E-state index contributed by atoms with van der Waals surface area (Å²) < 4.78 is 35.0. The van der Waals surface area contributed by atoms with Crippen molar-refractivity contribution < 1.29 is 23.3 Å². The first-order valence-electron chi connectivity index (χ1n) is 12.0. The van der Waals surface area contributed by atoms with Crippen LogP contribution < -0.4 is 4.90 Å². The second kappa shape index (κ2) is 9.41. The largest absolute Gasteiger partial charge is 0.481 e. The van der Waals surface area contributed by atoms with Crippen molar-refractivity contribution in [1.82, 2.24) is 4.98 Å². The van der Waals surface area contributed by atoms with Gasteiger partial charge in [-0.05, 0) is 43.5 Å². The SMILES string of the molecule is CN=[SH]1(O)CCN(c2ccc(-c3oc(C(C)(C)C)nc3C3CCC(F)CC3C(=O)O)cc2)CC1. The summed E-state index contributed by atoms with van der Waals surface area (Å²) in [6.45, 7) is 7.53. The second-order valence-electron chi connectivity index (χ2n) is 10.5. The van der Waals surface area contributed by atoms with E-state index in [0.717, 1.165) is 24.3 Å². The number of rotatable bonds is 4. The van der Waals surface area contributed by atoms with Gasteiger partial charge in [-0.1, -0.05) is 20.8 Å².